The van der Waals surface area contributed by atoms with Gasteiger partial charge in [-0.15, -0.1) is 0 Å². The fourth-order valence-electron chi connectivity index (χ4n) is 2.79. The fourth-order valence-corrected chi connectivity index (χ4v) is 2.79. The smallest absolute Gasteiger partial charge is 0.226 e. The number of ketones is 1. The Morgan fingerprint density at radius 1 is 1.08 bits per heavy atom. The number of nitrogens with zero attached hydrogens (tertiary/aromatic N) is 1. The summed E-state index contributed by atoms with van der Waals surface area (Å²) in [6.07, 6.45) is 2.52. The minimum atomic E-state index is 0.110. The van der Waals surface area contributed by atoms with Crippen molar-refractivity contribution >= 4 is 5.78 Å². The summed E-state index contributed by atoms with van der Waals surface area (Å²) >= 11 is 0. The number of aryl methyl sites for hydroxylation is 2. The van der Waals surface area contributed by atoms with Crippen molar-refractivity contribution in [3.8, 4) is 23.0 Å². The van der Waals surface area contributed by atoms with E-state index in [1.54, 1.807) is 26.5 Å². The Balaban J connectivity index is 1.70. The number of carbonyl (C=O) groups is 1. The topological polar surface area (TPSA) is 61.6 Å². The van der Waals surface area contributed by atoms with E-state index in [2.05, 4.69) is 4.98 Å². The summed E-state index contributed by atoms with van der Waals surface area (Å²) < 4.78 is 16.1. The molecule has 0 bridgehead atoms. The first-order valence-electron chi connectivity index (χ1n) is 8.38. The molecule has 3 aromatic rings. The summed E-state index contributed by atoms with van der Waals surface area (Å²) in [5, 5.41) is 0. The molecule has 0 spiro atoms. The Labute approximate surface area is 152 Å². The number of methoxy groups -OCH3 is 2. The fraction of sp³-hybridized carbons (Fsp3) is 0.238. The van der Waals surface area contributed by atoms with Crippen LogP contribution in [0.2, 0.25) is 0 Å². The van der Waals surface area contributed by atoms with Crippen molar-refractivity contribution in [3.63, 3.8) is 0 Å². The van der Waals surface area contributed by atoms with E-state index in [0.717, 1.165) is 22.4 Å². The maximum absolute atomic E-state index is 12.4. The van der Waals surface area contributed by atoms with Gasteiger partial charge in [0.2, 0.25) is 5.89 Å². The molecule has 0 aliphatic heterocycles. The van der Waals surface area contributed by atoms with Crippen LogP contribution in [0.15, 0.2) is 53.1 Å². The van der Waals surface area contributed by atoms with Gasteiger partial charge in [-0.25, -0.2) is 4.98 Å². The van der Waals surface area contributed by atoms with E-state index < -0.39 is 0 Å². The molecule has 0 radical (unpaired) electrons. The molecule has 1 aromatic heterocycles. The third-order valence-electron chi connectivity index (χ3n) is 4.24. The first kappa shape index (κ1) is 17.7. The molecule has 0 aliphatic carbocycles. The molecule has 2 aromatic carbocycles. The quantitative estimate of drug-likeness (QED) is 0.587. The molecule has 0 amide bonds. The van der Waals surface area contributed by atoms with E-state index in [1.165, 1.54) is 0 Å². The zero-order valence-electron chi connectivity index (χ0n) is 15.1. The molecular formula is C21H21NO4. The lowest BCUT2D eigenvalue weighted by Gasteiger charge is -2.07. The molecule has 134 valence electrons. The lowest BCUT2D eigenvalue weighted by molar-refractivity contribution is 0.0982. The number of oxazole rings is 1. The van der Waals surface area contributed by atoms with E-state index in [-0.39, 0.29) is 5.78 Å². The molecule has 5 heteroatoms. The predicted molar refractivity (Wildman–Crippen MR) is 98.9 cm³/mol. The first-order valence-corrected chi connectivity index (χ1v) is 8.38. The maximum Gasteiger partial charge on any atom is 0.226 e. The van der Waals surface area contributed by atoms with Gasteiger partial charge in [0.15, 0.2) is 17.3 Å². The van der Waals surface area contributed by atoms with Crippen molar-refractivity contribution in [1.82, 2.24) is 4.98 Å². The Hall–Kier alpha value is -3.08. The van der Waals surface area contributed by atoms with E-state index in [4.69, 9.17) is 13.9 Å². The molecule has 3 rings (SSSR count). The average Bonchev–Trinajstić information content (AvgIpc) is 3.15. The standard InChI is InChI=1S/C21H21NO4/c1-14-6-4-5-7-17(14)18(23)10-9-16-13-26-21(22-16)15-8-11-19(24-2)20(12-15)25-3/h4-8,11-13H,9-10H2,1-3H3. The third-order valence-corrected chi connectivity index (χ3v) is 4.24. The van der Waals surface area contributed by atoms with E-state index in [9.17, 15) is 4.79 Å². The van der Waals surface area contributed by atoms with Crippen LogP contribution in [0.4, 0.5) is 0 Å². The van der Waals surface area contributed by atoms with Crippen molar-refractivity contribution in [2.45, 2.75) is 19.8 Å². The minimum Gasteiger partial charge on any atom is -0.493 e. The van der Waals surface area contributed by atoms with Crippen LogP contribution in [0.3, 0.4) is 0 Å². The number of Topliss-reactive ketones (excluding diaryl/α,β-unsaturated/α-hetero) is 1. The molecule has 0 N–H and O–H groups in total. The molecule has 1 heterocycles. The Kier molecular flexibility index (Phi) is 5.37. The molecule has 0 saturated heterocycles. The normalized spacial score (nSPS) is 10.6. The Morgan fingerprint density at radius 2 is 1.85 bits per heavy atom. The van der Waals surface area contributed by atoms with Crippen LogP contribution >= 0.6 is 0 Å². The molecule has 0 saturated carbocycles. The predicted octanol–water partition coefficient (Wildman–Crippen LogP) is 4.48. The van der Waals surface area contributed by atoms with Crippen molar-refractivity contribution in [3.05, 3.63) is 65.5 Å². The lowest BCUT2D eigenvalue weighted by atomic mass is 10.0. The van der Waals surface area contributed by atoms with Crippen LogP contribution in [0.25, 0.3) is 11.5 Å². The van der Waals surface area contributed by atoms with Gasteiger partial charge in [-0.1, -0.05) is 24.3 Å². The molecule has 26 heavy (non-hydrogen) atoms. The highest BCUT2D eigenvalue weighted by atomic mass is 16.5. The van der Waals surface area contributed by atoms with Crippen molar-refractivity contribution < 1.29 is 18.7 Å². The summed E-state index contributed by atoms with van der Waals surface area (Å²) in [6.45, 7) is 1.94. The summed E-state index contributed by atoms with van der Waals surface area (Å²) in [6, 6.07) is 13.1. The maximum atomic E-state index is 12.4. The van der Waals surface area contributed by atoms with Crippen LogP contribution in [0.1, 0.15) is 28.0 Å². The van der Waals surface area contributed by atoms with Crippen LogP contribution < -0.4 is 9.47 Å². The largest absolute Gasteiger partial charge is 0.493 e. The van der Waals surface area contributed by atoms with Gasteiger partial charge in [0.25, 0.3) is 0 Å². The number of benzene rings is 2. The van der Waals surface area contributed by atoms with Crippen molar-refractivity contribution in [2.75, 3.05) is 14.2 Å². The summed E-state index contributed by atoms with van der Waals surface area (Å²) in [5.74, 6) is 1.86. The first-order chi connectivity index (χ1) is 12.6. The molecule has 0 unspecified atom stereocenters. The third kappa shape index (κ3) is 3.77. The van der Waals surface area contributed by atoms with Crippen molar-refractivity contribution in [2.24, 2.45) is 0 Å². The second-order valence-corrected chi connectivity index (χ2v) is 5.95. The van der Waals surface area contributed by atoms with Gasteiger partial charge in [0.05, 0.1) is 19.9 Å². The highest BCUT2D eigenvalue weighted by Crippen LogP contribution is 2.32. The minimum absolute atomic E-state index is 0.110. The number of hydrogen-bond acceptors (Lipinski definition) is 5. The molecule has 5 nitrogen and oxygen atoms in total. The Bertz CT molecular complexity index is 914. The number of carbonyl (C=O) groups excluding carboxylic acids is 1. The molecule has 0 aliphatic rings. The SMILES string of the molecule is COc1ccc(-c2nc(CCC(=O)c3ccccc3C)co2)cc1OC. The van der Waals surface area contributed by atoms with E-state index >= 15 is 0 Å². The summed E-state index contributed by atoms with van der Waals surface area (Å²) in [4.78, 5) is 16.9. The summed E-state index contributed by atoms with van der Waals surface area (Å²) in [7, 11) is 3.17. The van der Waals surface area contributed by atoms with Gasteiger partial charge in [0.1, 0.15) is 6.26 Å². The second-order valence-electron chi connectivity index (χ2n) is 5.95. The van der Waals surface area contributed by atoms with E-state index in [0.29, 0.717) is 30.2 Å². The molecule has 0 fully saturated rings. The van der Waals surface area contributed by atoms with Crippen LogP contribution in [0.5, 0.6) is 11.5 Å². The van der Waals surface area contributed by atoms with E-state index in [1.807, 2.05) is 43.3 Å². The summed E-state index contributed by atoms with van der Waals surface area (Å²) in [5.41, 5.74) is 3.29. The van der Waals surface area contributed by atoms with Crippen molar-refractivity contribution in [1.29, 1.82) is 0 Å². The number of ether oxygens (including phenoxy) is 2. The lowest BCUT2D eigenvalue weighted by Crippen LogP contribution is -2.03. The Morgan fingerprint density at radius 3 is 2.58 bits per heavy atom. The van der Waals surface area contributed by atoms with Crippen LogP contribution in [-0.4, -0.2) is 25.0 Å². The van der Waals surface area contributed by atoms with Gasteiger partial charge in [0, 0.05) is 24.0 Å². The van der Waals surface area contributed by atoms with Gasteiger partial charge < -0.3 is 13.9 Å². The van der Waals surface area contributed by atoms with Gasteiger partial charge >= 0.3 is 0 Å². The average molecular weight is 351 g/mol. The number of aromatic nitrogens is 1. The zero-order valence-corrected chi connectivity index (χ0v) is 15.1. The highest BCUT2D eigenvalue weighted by Gasteiger charge is 2.13. The molecule has 0 atom stereocenters. The molecular weight excluding hydrogens is 330 g/mol. The van der Waals surface area contributed by atoms with Gasteiger partial charge in [-0.05, 0) is 30.7 Å². The number of rotatable bonds is 7. The van der Waals surface area contributed by atoms with Crippen LogP contribution in [0, 0.1) is 6.92 Å². The zero-order chi connectivity index (χ0) is 18.5. The second kappa shape index (κ2) is 7.87. The van der Waals surface area contributed by atoms with Gasteiger partial charge in [-0.2, -0.15) is 0 Å². The monoisotopic (exact) mass is 351 g/mol. The van der Waals surface area contributed by atoms with Crippen LogP contribution in [-0.2, 0) is 6.42 Å². The van der Waals surface area contributed by atoms with Gasteiger partial charge in [-0.3, -0.25) is 4.79 Å². The number of hydrogen-bond donors (Lipinski definition) is 0. The highest BCUT2D eigenvalue weighted by molar-refractivity contribution is 5.97.